The van der Waals surface area contributed by atoms with E-state index >= 15 is 0 Å². The summed E-state index contributed by atoms with van der Waals surface area (Å²) < 4.78 is 2.27. The first kappa shape index (κ1) is 18.7. The van der Waals surface area contributed by atoms with Gasteiger partial charge in [-0.3, -0.25) is 4.57 Å². The summed E-state index contributed by atoms with van der Waals surface area (Å²) in [6.07, 6.45) is 27.0. The van der Waals surface area contributed by atoms with Crippen LogP contribution in [0.15, 0.2) is 103 Å². The molecule has 1 aliphatic rings. The second-order valence-electron chi connectivity index (χ2n) is 6.30. The van der Waals surface area contributed by atoms with Gasteiger partial charge in [0.1, 0.15) is 5.82 Å². The molecule has 0 bridgehead atoms. The van der Waals surface area contributed by atoms with Crippen LogP contribution < -0.4 is 0 Å². The molecule has 1 aliphatic carbocycles. The summed E-state index contributed by atoms with van der Waals surface area (Å²) in [5.74, 6) is 1.09. The van der Waals surface area contributed by atoms with Gasteiger partial charge in [-0.25, -0.2) is 4.98 Å². The zero-order valence-electron chi connectivity index (χ0n) is 16.0. The fourth-order valence-electron chi connectivity index (χ4n) is 3.07. The molecule has 0 saturated heterocycles. The number of rotatable bonds is 6. The fraction of sp³-hybridized carbons (Fsp3) is 0.160. The van der Waals surface area contributed by atoms with Crippen molar-refractivity contribution in [1.29, 1.82) is 0 Å². The lowest BCUT2D eigenvalue weighted by atomic mass is 10.1. The maximum atomic E-state index is 4.80. The first-order valence-corrected chi connectivity index (χ1v) is 9.50. The van der Waals surface area contributed by atoms with Gasteiger partial charge in [0, 0.05) is 12.1 Å². The molecule has 0 radical (unpaired) electrons. The highest BCUT2D eigenvalue weighted by Crippen LogP contribution is 2.25. The van der Waals surface area contributed by atoms with Crippen LogP contribution >= 0.6 is 0 Å². The third kappa shape index (κ3) is 4.73. The smallest absolute Gasteiger partial charge is 0.114 e. The monoisotopic (exact) mass is 354 g/mol. The van der Waals surface area contributed by atoms with Crippen molar-refractivity contribution in [2.24, 2.45) is 0 Å². The minimum Gasteiger partial charge on any atom is -0.296 e. The van der Waals surface area contributed by atoms with E-state index in [9.17, 15) is 0 Å². The predicted octanol–water partition coefficient (Wildman–Crippen LogP) is 6.57. The van der Waals surface area contributed by atoms with Gasteiger partial charge in [-0.15, -0.1) is 0 Å². The Morgan fingerprint density at radius 3 is 2.63 bits per heavy atom. The van der Waals surface area contributed by atoms with Gasteiger partial charge in [0.2, 0.25) is 0 Å². The highest BCUT2D eigenvalue weighted by Gasteiger charge is 2.12. The van der Waals surface area contributed by atoms with Gasteiger partial charge in [0.15, 0.2) is 0 Å². The lowest BCUT2D eigenvalue weighted by Gasteiger charge is -2.09. The molecule has 1 heterocycles. The highest BCUT2D eigenvalue weighted by atomic mass is 15.1. The molecule has 2 nitrogen and oxygen atoms in total. The molecule has 0 aliphatic heterocycles. The first-order chi connectivity index (χ1) is 13.3. The number of imidazole rings is 1. The topological polar surface area (TPSA) is 17.8 Å². The molecule has 136 valence electrons. The molecule has 2 aromatic rings. The van der Waals surface area contributed by atoms with Gasteiger partial charge in [-0.1, -0.05) is 79.8 Å². The van der Waals surface area contributed by atoms with Crippen LogP contribution in [0.5, 0.6) is 0 Å². The van der Waals surface area contributed by atoms with E-state index in [2.05, 4.69) is 72.2 Å². The van der Waals surface area contributed by atoms with Gasteiger partial charge in [-0.2, -0.15) is 0 Å². The number of fused-ring (bicyclic) bond motifs is 1. The van der Waals surface area contributed by atoms with E-state index in [1.54, 1.807) is 0 Å². The van der Waals surface area contributed by atoms with Gasteiger partial charge >= 0.3 is 0 Å². The van der Waals surface area contributed by atoms with E-state index in [1.807, 2.05) is 43.4 Å². The SMILES string of the molecule is C\C=C/C=C\C=C/C=C/C1=CC(n2c(CC)nc3ccccc32)=CC=CC1. The van der Waals surface area contributed by atoms with E-state index in [-0.39, 0.29) is 0 Å². The van der Waals surface area contributed by atoms with Crippen molar-refractivity contribution in [2.75, 3.05) is 0 Å². The molecule has 1 aromatic heterocycles. The Labute approximate surface area is 161 Å². The predicted molar refractivity (Wildman–Crippen MR) is 117 cm³/mol. The summed E-state index contributed by atoms with van der Waals surface area (Å²) in [7, 11) is 0. The maximum Gasteiger partial charge on any atom is 0.114 e. The van der Waals surface area contributed by atoms with Crippen molar-refractivity contribution in [2.45, 2.75) is 26.7 Å². The molecule has 0 fully saturated rings. The molecular formula is C25H26N2. The quantitative estimate of drug-likeness (QED) is 0.536. The molecule has 2 heteroatoms. The number of aryl methyl sites for hydroxylation is 1. The second kappa shape index (κ2) is 9.54. The van der Waals surface area contributed by atoms with E-state index in [1.165, 1.54) is 5.57 Å². The van der Waals surface area contributed by atoms with Crippen LogP contribution in [-0.4, -0.2) is 9.55 Å². The average molecular weight is 354 g/mol. The lowest BCUT2D eigenvalue weighted by molar-refractivity contribution is 0.925. The van der Waals surface area contributed by atoms with E-state index < -0.39 is 0 Å². The number of hydrogen-bond donors (Lipinski definition) is 0. The standard InChI is InChI=1S/C25H26N2/c1-3-5-6-7-8-9-10-15-21-16-11-12-17-22(20-21)27-24-19-14-13-18-23(24)26-25(27)4-2/h3,5-15,17-20H,4,16H2,1-2H3/b5-3-,7-6-,9-8-,15-10+. The summed E-state index contributed by atoms with van der Waals surface area (Å²) in [4.78, 5) is 4.80. The van der Waals surface area contributed by atoms with Crippen molar-refractivity contribution >= 4 is 16.7 Å². The minimum absolute atomic E-state index is 0.899. The number of aromatic nitrogens is 2. The van der Waals surface area contributed by atoms with Crippen molar-refractivity contribution in [3.05, 3.63) is 109 Å². The van der Waals surface area contributed by atoms with Crippen LogP contribution in [-0.2, 0) is 6.42 Å². The molecular weight excluding hydrogens is 328 g/mol. The summed E-state index contributed by atoms with van der Waals surface area (Å²) in [6.45, 7) is 4.17. The molecule has 0 amide bonds. The molecule has 1 aromatic carbocycles. The molecule has 0 unspecified atom stereocenters. The number of nitrogens with zero attached hydrogens (tertiary/aromatic N) is 2. The van der Waals surface area contributed by atoms with Crippen LogP contribution in [0.4, 0.5) is 0 Å². The summed E-state index contributed by atoms with van der Waals surface area (Å²) in [6, 6.07) is 8.33. The molecule has 27 heavy (non-hydrogen) atoms. The molecule has 0 N–H and O–H groups in total. The molecule has 0 atom stereocenters. The fourth-order valence-corrected chi connectivity index (χ4v) is 3.07. The largest absolute Gasteiger partial charge is 0.296 e. The Kier molecular flexibility index (Phi) is 6.59. The number of hydrogen-bond acceptors (Lipinski definition) is 1. The second-order valence-corrected chi connectivity index (χ2v) is 6.30. The highest BCUT2D eigenvalue weighted by molar-refractivity contribution is 5.82. The van der Waals surface area contributed by atoms with Gasteiger partial charge in [0.05, 0.1) is 11.0 Å². The van der Waals surface area contributed by atoms with Crippen molar-refractivity contribution in [1.82, 2.24) is 9.55 Å². The normalized spacial score (nSPS) is 15.5. The minimum atomic E-state index is 0.899. The number of para-hydroxylation sites is 2. The summed E-state index contributed by atoms with van der Waals surface area (Å²) >= 11 is 0. The van der Waals surface area contributed by atoms with Gasteiger partial charge < -0.3 is 0 Å². The van der Waals surface area contributed by atoms with Crippen LogP contribution in [0.1, 0.15) is 26.1 Å². The molecule has 0 saturated carbocycles. The number of benzene rings is 1. The Bertz CT molecular complexity index is 989. The van der Waals surface area contributed by atoms with Crippen LogP contribution in [0.2, 0.25) is 0 Å². The van der Waals surface area contributed by atoms with Crippen LogP contribution in [0.3, 0.4) is 0 Å². The Balaban J connectivity index is 1.89. The lowest BCUT2D eigenvalue weighted by Crippen LogP contribution is -2.01. The zero-order valence-corrected chi connectivity index (χ0v) is 16.0. The van der Waals surface area contributed by atoms with Crippen molar-refractivity contribution in [3.63, 3.8) is 0 Å². The third-order valence-electron chi connectivity index (χ3n) is 4.35. The first-order valence-electron chi connectivity index (χ1n) is 9.50. The molecule has 3 rings (SSSR count). The van der Waals surface area contributed by atoms with Crippen molar-refractivity contribution < 1.29 is 0 Å². The number of allylic oxidation sites excluding steroid dienone is 14. The Morgan fingerprint density at radius 2 is 1.81 bits per heavy atom. The van der Waals surface area contributed by atoms with Gasteiger partial charge in [-0.05, 0) is 43.2 Å². The van der Waals surface area contributed by atoms with E-state index in [0.717, 1.165) is 35.4 Å². The van der Waals surface area contributed by atoms with Crippen LogP contribution in [0.25, 0.3) is 16.7 Å². The van der Waals surface area contributed by atoms with E-state index in [0.29, 0.717) is 0 Å². The summed E-state index contributed by atoms with van der Waals surface area (Å²) in [5, 5.41) is 0. The summed E-state index contributed by atoms with van der Waals surface area (Å²) in [5.41, 5.74) is 4.64. The Hall–Kier alpha value is -3.13. The maximum absolute atomic E-state index is 4.80. The average Bonchev–Trinajstić information content (AvgIpc) is 2.91. The Morgan fingerprint density at radius 1 is 1.04 bits per heavy atom. The third-order valence-corrected chi connectivity index (χ3v) is 4.35. The van der Waals surface area contributed by atoms with E-state index in [4.69, 9.17) is 4.98 Å². The molecule has 0 spiro atoms. The zero-order chi connectivity index (χ0) is 18.9. The van der Waals surface area contributed by atoms with Crippen molar-refractivity contribution in [3.8, 4) is 0 Å². The van der Waals surface area contributed by atoms with Crippen LogP contribution in [0, 0.1) is 0 Å². The van der Waals surface area contributed by atoms with Gasteiger partial charge in [0.25, 0.3) is 0 Å².